The number of aliphatic imine (C=N–C) groups is 1. The molecular weight excluding hydrogens is 272 g/mol. The van der Waals surface area contributed by atoms with Gasteiger partial charge in [-0.25, -0.2) is 4.99 Å². The Hall–Kier alpha value is -1.51. The summed E-state index contributed by atoms with van der Waals surface area (Å²) < 4.78 is 6.08. The van der Waals surface area contributed by atoms with E-state index in [1.54, 1.807) is 0 Å². The second-order valence-electron chi connectivity index (χ2n) is 7.85. The zero-order valence-electron chi connectivity index (χ0n) is 13.9. The summed E-state index contributed by atoms with van der Waals surface area (Å²) in [4.78, 5) is 7.51. The van der Waals surface area contributed by atoms with Crippen LogP contribution in [0.5, 0.6) is 0 Å². The average Bonchev–Trinajstić information content (AvgIpc) is 2.82. The number of rotatable bonds is 2. The first-order valence-electron chi connectivity index (χ1n) is 8.58. The van der Waals surface area contributed by atoms with Gasteiger partial charge in [0.1, 0.15) is 12.1 Å². The minimum Gasteiger partial charge on any atom is -0.477 e. The monoisotopic (exact) mass is 298 g/mol. The maximum absolute atomic E-state index is 6.08. The van der Waals surface area contributed by atoms with Crippen molar-refractivity contribution in [3.05, 3.63) is 30.3 Å². The number of hydrogen-bond acceptors (Lipinski definition) is 3. The van der Waals surface area contributed by atoms with Crippen molar-refractivity contribution in [2.45, 2.75) is 69.5 Å². The fourth-order valence-corrected chi connectivity index (χ4v) is 4.65. The molecule has 1 saturated carbocycles. The van der Waals surface area contributed by atoms with Crippen molar-refractivity contribution >= 4 is 11.6 Å². The Kier molecular flexibility index (Phi) is 2.88. The van der Waals surface area contributed by atoms with Crippen LogP contribution in [0.3, 0.4) is 0 Å². The molecule has 1 aromatic carbocycles. The standard InChI is InChI=1S/C19H26N2O/c1-17(2)14-22-16(20-17)18(3)19(12-8-5-9-13-19)21(18)15-10-6-4-7-11-15/h4,6-7,10-11H,5,8-9,12-14H2,1-3H3/t18-,21?/m1/s1. The van der Waals surface area contributed by atoms with Crippen molar-refractivity contribution < 1.29 is 4.74 Å². The lowest BCUT2D eigenvalue weighted by Gasteiger charge is -2.23. The first-order valence-corrected chi connectivity index (χ1v) is 8.58. The third-order valence-corrected chi connectivity index (χ3v) is 5.81. The topological polar surface area (TPSA) is 24.6 Å². The zero-order valence-corrected chi connectivity index (χ0v) is 13.9. The lowest BCUT2D eigenvalue weighted by atomic mass is 9.80. The number of hydrogen-bond donors (Lipinski definition) is 0. The SMILES string of the molecule is CC1(C)COC([C@@]2(C)N(c3ccccc3)C23CCCCC3)=N1. The van der Waals surface area contributed by atoms with Crippen LogP contribution in [0.25, 0.3) is 0 Å². The van der Waals surface area contributed by atoms with E-state index in [4.69, 9.17) is 9.73 Å². The Bertz CT molecular complexity index is 601. The molecule has 0 bridgehead atoms. The van der Waals surface area contributed by atoms with Crippen LogP contribution in [0.2, 0.25) is 0 Å². The summed E-state index contributed by atoms with van der Waals surface area (Å²) in [6.07, 6.45) is 6.49. The first-order chi connectivity index (χ1) is 10.5. The summed E-state index contributed by atoms with van der Waals surface area (Å²) in [5.74, 6) is 0.961. The van der Waals surface area contributed by atoms with E-state index in [1.807, 2.05) is 0 Å². The summed E-state index contributed by atoms with van der Waals surface area (Å²) >= 11 is 0. The summed E-state index contributed by atoms with van der Waals surface area (Å²) in [7, 11) is 0. The molecule has 22 heavy (non-hydrogen) atoms. The van der Waals surface area contributed by atoms with E-state index in [2.05, 4.69) is 56.0 Å². The molecule has 0 unspecified atom stereocenters. The maximum atomic E-state index is 6.08. The van der Waals surface area contributed by atoms with Crippen LogP contribution in [-0.2, 0) is 4.74 Å². The number of ether oxygens (including phenoxy) is 1. The molecule has 0 aromatic heterocycles. The van der Waals surface area contributed by atoms with Gasteiger partial charge in [-0.05, 0) is 45.7 Å². The van der Waals surface area contributed by atoms with Gasteiger partial charge in [0.15, 0.2) is 0 Å². The van der Waals surface area contributed by atoms with E-state index in [0.717, 1.165) is 5.90 Å². The van der Waals surface area contributed by atoms with E-state index in [9.17, 15) is 0 Å². The number of para-hydroxylation sites is 1. The molecule has 1 aliphatic carbocycles. The summed E-state index contributed by atoms with van der Waals surface area (Å²) in [6, 6.07) is 10.8. The third-order valence-electron chi connectivity index (χ3n) is 5.81. The van der Waals surface area contributed by atoms with Crippen LogP contribution >= 0.6 is 0 Å². The molecule has 2 fully saturated rings. The van der Waals surface area contributed by atoms with Crippen molar-refractivity contribution in [2.75, 3.05) is 11.5 Å². The molecular formula is C19H26N2O. The van der Waals surface area contributed by atoms with E-state index in [1.165, 1.54) is 37.8 Å². The molecule has 1 saturated heterocycles. The quantitative estimate of drug-likeness (QED) is 0.765. The second-order valence-corrected chi connectivity index (χ2v) is 7.85. The van der Waals surface area contributed by atoms with Crippen molar-refractivity contribution in [2.24, 2.45) is 4.99 Å². The predicted molar refractivity (Wildman–Crippen MR) is 90.6 cm³/mol. The van der Waals surface area contributed by atoms with Gasteiger partial charge in [0.25, 0.3) is 0 Å². The molecule has 3 heteroatoms. The number of nitrogens with zero attached hydrogens (tertiary/aromatic N) is 2. The summed E-state index contributed by atoms with van der Waals surface area (Å²) in [5.41, 5.74) is 1.37. The zero-order chi connectivity index (χ0) is 15.4. The molecule has 2 aliphatic heterocycles. The Balaban J connectivity index is 1.76. The van der Waals surface area contributed by atoms with Crippen molar-refractivity contribution in [1.82, 2.24) is 0 Å². The largest absolute Gasteiger partial charge is 0.477 e. The lowest BCUT2D eigenvalue weighted by molar-refractivity contribution is 0.265. The van der Waals surface area contributed by atoms with E-state index >= 15 is 0 Å². The number of benzene rings is 1. The Morgan fingerprint density at radius 3 is 2.27 bits per heavy atom. The van der Waals surface area contributed by atoms with Gasteiger partial charge < -0.3 is 9.64 Å². The minimum absolute atomic E-state index is 0.0669. The molecule has 3 aliphatic rings. The molecule has 0 N–H and O–H groups in total. The Labute approximate surface area is 133 Å². The predicted octanol–water partition coefficient (Wildman–Crippen LogP) is 4.18. The van der Waals surface area contributed by atoms with Crippen LogP contribution < -0.4 is 4.90 Å². The summed E-state index contributed by atoms with van der Waals surface area (Å²) in [5, 5.41) is 0. The molecule has 1 aromatic rings. The highest BCUT2D eigenvalue weighted by atomic mass is 16.5. The molecule has 1 atom stereocenters. The van der Waals surface area contributed by atoms with Crippen LogP contribution in [0.15, 0.2) is 35.3 Å². The lowest BCUT2D eigenvalue weighted by Crippen LogP contribution is -2.33. The fraction of sp³-hybridized carbons (Fsp3) is 0.632. The van der Waals surface area contributed by atoms with Crippen molar-refractivity contribution in [3.63, 3.8) is 0 Å². The van der Waals surface area contributed by atoms with Crippen molar-refractivity contribution in [3.8, 4) is 0 Å². The van der Waals surface area contributed by atoms with Gasteiger partial charge in [-0.15, -0.1) is 0 Å². The van der Waals surface area contributed by atoms with Crippen molar-refractivity contribution in [1.29, 1.82) is 0 Å². The minimum atomic E-state index is -0.0842. The normalized spacial score (nSPS) is 31.8. The number of anilines is 1. The molecule has 0 amide bonds. The van der Waals surface area contributed by atoms with Gasteiger partial charge in [-0.1, -0.05) is 37.5 Å². The molecule has 0 radical (unpaired) electrons. The molecule has 2 heterocycles. The highest BCUT2D eigenvalue weighted by molar-refractivity contribution is 6.00. The molecule has 118 valence electrons. The second kappa shape index (κ2) is 4.50. The van der Waals surface area contributed by atoms with Crippen LogP contribution in [-0.4, -0.2) is 29.1 Å². The Morgan fingerprint density at radius 1 is 1.00 bits per heavy atom. The van der Waals surface area contributed by atoms with Gasteiger partial charge in [0, 0.05) is 5.69 Å². The molecule has 3 nitrogen and oxygen atoms in total. The first kappa shape index (κ1) is 14.1. The van der Waals surface area contributed by atoms with Gasteiger partial charge in [0.2, 0.25) is 5.90 Å². The molecule has 4 rings (SSSR count). The molecule has 1 spiro atoms. The average molecular weight is 298 g/mol. The summed E-state index contributed by atoms with van der Waals surface area (Å²) in [6.45, 7) is 7.36. The van der Waals surface area contributed by atoms with Gasteiger partial charge in [0.05, 0.1) is 11.1 Å². The highest BCUT2D eigenvalue weighted by Gasteiger charge is 2.75. The smallest absolute Gasteiger partial charge is 0.212 e. The highest BCUT2D eigenvalue weighted by Crippen LogP contribution is 2.62. The Morgan fingerprint density at radius 2 is 1.68 bits per heavy atom. The third kappa shape index (κ3) is 1.77. The van der Waals surface area contributed by atoms with Crippen LogP contribution in [0, 0.1) is 0 Å². The maximum Gasteiger partial charge on any atom is 0.212 e. The van der Waals surface area contributed by atoms with Crippen LogP contribution in [0.4, 0.5) is 5.69 Å². The van der Waals surface area contributed by atoms with Crippen LogP contribution in [0.1, 0.15) is 52.9 Å². The fourth-order valence-electron chi connectivity index (χ4n) is 4.65. The van der Waals surface area contributed by atoms with E-state index in [-0.39, 0.29) is 16.6 Å². The van der Waals surface area contributed by atoms with Gasteiger partial charge in [-0.2, -0.15) is 0 Å². The van der Waals surface area contributed by atoms with Gasteiger partial charge >= 0.3 is 0 Å². The van der Waals surface area contributed by atoms with E-state index < -0.39 is 0 Å². The van der Waals surface area contributed by atoms with E-state index in [0.29, 0.717) is 6.61 Å². The van der Waals surface area contributed by atoms with Gasteiger partial charge in [-0.3, -0.25) is 0 Å².